The summed E-state index contributed by atoms with van der Waals surface area (Å²) in [4.78, 5) is 13.3. The molecule has 2 heterocycles. The Bertz CT molecular complexity index is 902. The molecule has 122 valence electrons. The number of para-hydroxylation sites is 3. The Labute approximate surface area is 134 Å². The van der Waals surface area contributed by atoms with Crippen molar-refractivity contribution in [1.29, 1.82) is 0 Å². The molecule has 2 aliphatic rings. The Morgan fingerprint density at radius 1 is 1.08 bits per heavy atom. The van der Waals surface area contributed by atoms with Crippen LogP contribution in [0.5, 0.6) is 11.5 Å². The van der Waals surface area contributed by atoms with Gasteiger partial charge in [0.1, 0.15) is 5.76 Å². The van der Waals surface area contributed by atoms with E-state index >= 15 is 0 Å². The van der Waals surface area contributed by atoms with E-state index < -0.39 is 23.3 Å². The molecule has 7 heteroatoms. The van der Waals surface area contributed by atoms with Crippen molar-refractivity contribution in [2.45, 2.75) is 6.18 Å². The minimum absolute atomic E-state index is 0.140. The topological polar surface area (TPSA) is 49.8 Å². The van der Waals surface area contributed by atoms with Crippen molar-refractivity contribution in [2.75, 3.05) is 11.4 Å². The van der Waals surface area contributed by atoms with Crippen LogP contribution < -0.4 is 9.64 Å². The Kier molecular flexibility index (Phi) is 2.90. The molecule has 0 saturated heterocycles. The van der Waals surface area contributed by atoms with E-state index in [4.69, 9.17) is 4.74 Å². The van der Waals surface area contributed by atoms with E-state index in [9.17, 15) is 23.1 Å². The van der Waals surface area contributed by atoms with Gasteiger partial charge in [-0.25, -0.2) is 0 Å². The number of rotatable bonds is 1. The van der Waals surface area contributed by atoms with Gasteiger partial charge in [0.05, 0.1) is 23.5 Å². The standard InChI is InChI=1S/C17H10F3NO3/c18-17(19,20)16(23)10-8-21-11-5-1-2-6-12(11)24-13-7-3-4-9(14(13)21)15(10)22/h1-7,22H,8H2. The third-order valence-corrected chi connectivity index (χ3v) is 4.03. The molecule has 24 heavy (non-hydrogen) atoms. The molecular weight excluding hydrogens is 323 g/mol. The number of hydrogen-bond donors (Lipinski definition) is 1. The van der Waals surface area contributed by atoms with Crippen LogP contribution in [0.2, 0.25) is 0 Å². The lowest BCUT2D eigenvalue weighted by Crippen LogP contribution is -2.35. The molecule has 2 aromatic rings. The van der Waals surface area contributed by atoms with Crippen LogP contribution in [0, 0.1) is 0 Å². The minimum Gasteiger partial charge on any atom is -0.507 e. The second-order valence-electron chi connectivity index (χ2n) is 5.46. The molecule has 0 saturated carbocycles. The van der Waals surface area contributed by atoms with Crippen LogP contribution in [-0.2, 0) is 4.79 Å². The number of ketones is 1. The van der Waals surface area contributed by atoms with Gasteiger partial charge in [0.15, 0.2) is 11.5 Å². The Morgan fingerprint density at radius 3 is 2.54 bits per heavy atom. The predicted molar refractivity (Wildman–Crippen MR) is 80.6 cm³/mol. The van der Waals surface area contributed by atoms with Gasteiger partial charge in [0, 0.05) is 5.56 Å². The highest BCUT2D eigenvalue weighted by Gasteiger charge is 2.45. The lowest BCUT2D eigenvalue weighted by molar-refractivity contribution is -0.166. The van der Waals surface area contributed by atoms with Gasteiger partial charge >= 0.3 is 6.18 Å². The van der Waals surface area contributed by atoms with E-state index in [0.717, 1.165) is 0 Å². The van der Waals surface area contributed by atoms with E-state index in [2.05, 4.69) is 0 Å². The van der Waals surface area contributed by atoms with Crippen molar-refractivity contribution in [2.24, 2.45) is 0 Å². The fraction of sp³-hybridized carbons (Fsp3) is 0.118. The van der Waals surface area contributed by atoms with E-state index in [-0.39, 0.29) is 12.1 Å². The third kappa shape index (κ3) is 1.97. The fourth-order valence-corrected chi connectivity index (χ4v) is 2.99. The van der Waals surface area contributed by atoms with E-state index in [1.165, 1.54) is 6.07 Å². The molecule has 0 spiro atoms. The summed E-state index contributed by atoms with van der Waals surface area (Å²) in [5.74, 6) is -1.81. The lowest BCUT2D eigenvalue weighted by Gasteiger charge is -2.37. The number of alkyl halides is 3. The predicted octanol–water partition coefficient (Wildman–Crippen LogP) is 4.34. The second kappa shape index (κ2) is 4.77. The normalized spacial score (nSPS) is 15.5. The molecule has 0 aliphatic carbocycles. The Hall–Kier alpha value is -2.96. The molecule has 0 bridgehead atoms. The molecule has 4 rings (SSSR count). The van der Waals surface area contributed by atoms with Crippen molar-refractivity contribution in [3.05, 3.63) is 53.6 Å². The molecular formula is C17H10F3NO3. The Balaban J connectivity index is 1.95. The first-order valence-corrected chi connectivity index (χ1v) is 7.09. The van der Waals surface area contributed by atoms with Gasteiger partial charge in [-0.2, -0.15) is 13.2 Å². The maximum Gasteiger partial charge on any atom is 0.454 e. The van der Waals surface area contributed by atoms with Gasteiger partial charge in [-0.05, 0) is 24.3 Å². The fourth-order valence-electron chi connectivity index (χ4n) is 2.99. The molecule has 0 radical (unpaired) electrons. The molecule has 2 aromatic carbocycles. The quantitative estimate of drug-likeness (QED) is 0.843. The number of aliphatic hydroxyl groups is 1. The number of aliphatic hydroxyl groups excluding tert-OH is 1. The first kappa shape index (κ1) is 14.6. The number of nitrogens with zero attached hydrogens (tertiary/aromatic N) is 1. The number of fused-ring (bicyclic) bond motifs is 2. The smallest absolute Gasteiger partial charge is 0.454 e. The summed E-state index contributed by atoms with van der Waals surface area (Å²) in [5.41, 5.74) is 0.453. The van der Waals surface area contributed by atoms with Crippen LogP contribution in [0.3, 0.4) is 0 Å². The van der Waals surface area contributed by atoms with Crippen LogP contribution >= 0.6 is 0 Å². The minimum atomic E-state index is -5.05. The molecule has 0 amide bonds. The number of anilines is 2. The summed E-state index contributed by atoms with van der Waals surface area (Å²) in [6, 6.07) is 11.5. The number of benzene rings is 2. The zero-order valence-electron chi connectivity index (χ0n) is 12.1. The van der Waals surface area contributed by atoms with Crippen LogP contribution in [0.1, 0.15) is 5.56 Å². The zero-order chi connectivity index (χ0) is 17.1. The molecule has 0 aromatic heterocycles. The van der Waals surface area contributed by atoms with Crippen LogP contribution in [0.15, 0.2) is 48.0 Å². The molecule has 2 aliphatic heterocycles. The summed E-state index contributed by atoms with van der Waals surface area (Å²) in [6.07, 6.45) is -5.05. The zero-order valence-corrected chi connectivity index (χ0v) is 12.1. The molecule has 0 unspecified atom stereocenters. The van der Waals surface area contributed by atoms with E-state index in [0.29, 0.717) is 22.9 Å². The van der Waals surface area contributed by atoms with Crippen LogP contribution in [0.25, 0.3) is 5.76 Å². The average Bonchev–Trinajstić information content (AvgIpc) is 2.55. The summed E-state index contributed by atoms with van der Waals surface area (Å²) < 4.78 is 44.3. The molecule has 4 nitrogen and oxygen atoms in total. The van der Waals surface area contributed by atoms with Crippen molar-refractivity contribution in [3.63, 3.8) is 0 Å². The monoisotopic (exact) mass is 333 g/mol. The highest BCUT2D eigenvalue weighted by atomic mass is 19.4. The van der Waals surface area contributed by atoms with Crippen LogP contribution in [0.4, 0.5) is 24.5 Å². The Morgan fingerprint density at radius 2 is 1.79 bits per heavy atom. The second-order valence-corrected chi connectivity index (χ2v) is 5.46. The van der Waals surface area contributed by atoms with Gasteiger partial charge in [-0.3, -0.25) is 4.79 Å². The number of ether oxygens (including phenoxy) is 1. The first-order valence-electron chi connectivity index (χ1n) is 7.09. The van der Waals surface area contributed by atoms with Gasteiger partial charge in [0.25, 0.3) is 5.78 Å². The summed E-state index contributed by atoms with van der Waals surface area (Å²) in [5, 5.41) is 10.2. The lowest BCUT2D eigenvalue weighted by atomic mass is 9.95. The van der Waals surface area contributed by atoms with Crippen molar-refractivity contribution in [1.82, 2.24) is 0 Å². The highest BCUT2D eigenvalue weighted by Crippen LogP contribution is 2.52. The van der Waals surface area contributed by atoms with Crippen molar-refractivity contribution < 1.29 is 27.8 Å². The van der Waals surface area contributed by atoms with Crippen LogP contribution in [-0.4, -0.2) is 23.6 Å². The molecule has 0 atom stereocenters. The van der Waals surface area contributed by atoms with Gasteiger partial charge < -0.3 is 14.7 Å². The van der Waals surface area contributed by atoms with Gasteiger partial charge in [0.2, 0.25) is 0 Å². The van der Waals surface area contributed by atoms with Crippen molar-refractivity contribution in [3.8, 4) is 11.5 Å². The van der Waals surface area contributed by atoms with Gasteiger partial charge in [-0.1, -0.05) is 18.2 Å². The third-order valence-electron chi connectivity index (χ3n) is 4.03. The highest BCUT2D eigenvalue weighted by molar-refractivity contribution is 6.09. The SMILES string of the molecule is O=C(C1=C(O)c2cccc3c2N(C1)c1ccccc1O3)C(F)(F)F. The number of hydrogen-bond acceptors (Lipinski definition) is 4. The maximum absolute atomic E-state index is 12.9. The largest absolute Gasteiger partial charge is 0.507 e. The number of carbonyl (C=O) groups excluding carboxylic acids is 1. The molecule has 1 N–H and O–H groups in total. The number of halogens is 3. The van der Waals surface area contributed by atoms with Crippen molar-refractivity contribution >= 4 is 22.9 Å². The average molecular weight is 333 g/mol. The number of Topliss-reactive ketones (excluding diaryl/α,β-unsaturated/α-hetero) is 1. The number of carbonyl (C=O) groups is 1. The van der Waals surface area contributed by atoms with E-state index in [1.807, 2.05) is 0 Å². The summed E-state index contributed by atoms with van der Waals surface area (Å²) >= 11 is 0. The summed E-state index contributed by atoms with van der Waals surface area (Å²) in [6.45, 7) is -0.380. The maximum atomic E-state index is 12.9. The molecule has 0 fully saturated rings. The van der Waals surface area contributed by atoms with Gasteiger partial charge in [-0.15, -0.1) is 0 Å². The first-order chi connectivity index (χ1) is 11.4. The summed E-state index contributed by atoms with van der Waals surface area (Å²) in [7, 11) is 0. The van der Waals surface area contributed by atoms with E-state index in [1.54, 1.807) is 41.3 Å².